The van der Waals surface area contributed by atoms with Gasteiger partial charge in [0.2, 0.25) is 0 Å². The minimum Gasteiger partial charge on any atom is -0.311 e. The topological polar surface area (TPSA) is 27.0 Å². The second-order valence-corrected chi connectivity index (χ2v) is 9.65. The molecule has 4 bridgehead atoms. The molecule has 0 atom stereocenters. The summed E-state index contributed by atoms with van der Waals surface area (Å²) >= 11 is 0. The molecule has 4 aliphatic rings. The summed E-state index contributed by atoms with van der Waals surface area (Å²) in [5.41, 5.74) is 11.8. The van der Waals surface area contributed by atoms with E-state index in [1.807, 2.05) is 0 Å². The van der Waals surface area contributed by atoms with Crippen LogP contribution in [0.15, 0.2) is 121 Å². The largest absolute Gasteiger partial charge is 0.311 e. The molecule has 0 amide bonds. The van der Waals surface area contributed by atoms with Gasteiger partial charge in [0.15, 0.2) is 0 Å². The minimum absolute atomic E-state index is 0.820. The van der Waals surface area contributed by atoms with Crippen LogP contribution in [0.2, 0.25) is 0 Å². The SMILES string of the molecule is N#Cc1cc2ccc1CCc1ccc(cc1-c1ccc(N(c3ccccc3)c3ccccc3)cc1)CC2. The van der Waals surface area contributed by atoms with E-state index in [-0.39, 0.29) is 0 Å². The lowest BCUT2D eigenvalue weighted by atomic mass is 9.89. The van der Waals surface area contributed by atoms with Gasteiger partial charge in [0, 0.05) is 17.1 Å². The zero-order valence-electron chi connectivity index (χ0n) is 20.8. The number of rotatable bonds is 4. The summed E-state index contributed by atoms with van der Waals surface area (Å²) in [6, 6.07) is 45.7. The predicted molar refractivity (Wildman–Crippen MR) is 153 cm³/mol. The van der Waals surface area contributed by atoms with E-state index in [0.29, 0.717) is 0 Å². The first-order valence-electron chi connectivity index (χ1n) is 12.9. The average Bonchev–Trinajstić information content (AvgIpc) is 2.96. The molecule has 0 aliphatic heterocycles. The van der Waals surface area contributed by atoms with Gasteiger partial charge in [-0.25, -0.2) is 0 Å². The molecule has 0 fully saturated rings. The van der Waals surface area contributed by atoms with Gasteiger partial charge >= 0.3 is 0 Å². The molecule has 0 spiro atoms. The quantitative estimate of drug-likeness (QED) is 0.260. The summed E-state index contributed by atoms with van der Waals surface area (Å²) in [7, 11) is 0. The van der Waals surface area contributed by atoms with Gasteiger partial charge in [-0.05, 0) is 102 Å². The Kier molecular flexibility index (Phi) is 6.28. The van der Waals surface area contributed by atoms with Crippen LogP contribution in [0.5, 0.6) is 0 Å². The van der Waals surface area contributed by atoms with Gasteiger partial charge in [0.25, 0.3) is 0 Å². The molecule has 2 heteroatoms. The van der Waals surface area contributed by atoms with E-state index < -0.39 is 0 Å². The zero-order valence-corrected chi connectivity index (χ0v) is 20.8. The van der Waals surface area contributed by atoms with E-state index in [9.17, 15) is 5.26 Å². The van der Waals surface area contributed by atoms with E-state index in [2.05, 4.69) is 132 Å². The molecular formula is C35H28N2. The van der Waals surface area contributed by atoms with Gasteiger partial charge in [-0.1, -0.05) is 78.9 Å². The Balaban J connectivity index is 1.37. The molecule has 178 valence electrons. The third kappa shape index (κ3) is 4.77. The van der Waals surface area contributed by atoms with E-state index in [0.717, 1.165) is 53.9 Å². The Morgan fingerprint density at radius 1 is 0.514 bits per heavy atom. The van der Waals surface area contributed by atoms with E-state index >= 15 is 0 Å². The number of nitrogens with zero attached hydrogens (tertiary/aromatic N) is 2. The number of anilines is 3. The summed E-state index contributed by atoms with van der Waals surface area (Å²) in [6.45, 7) is 0. The smallest absolute Gasteiger partial charge is 0.0994 e. The Bertz CT molecular complexity index is 1520. The Hall–Kier alpha value is -4.61. The first-order valence-corrected chi connectivity index (χ1v) is 12.9. The van der Waals surface area contributed by atoms with Crippen LogP contribution in [0, 0.1) is 11.3 Å². The molecule has 0 radical (unpaired) electrons. The van der Waals surface area contributed by atoms with E-state index in [4.69, 9.17) is 0 Å². The molecule has 37 heavy (non-hydrogen) atoms. The number of nitriles is 1. The molecule has 2 nitrogen and oxygen atoms in total. The molecular weight excluding hydrogens is 448 g/mol. The van der Waals surface area contributed by atoms with Crippen molar-refractivity contribution >= 4 is 17.1 Å². The number of benzene rings is 5. The van der Waals surface area contributed by atoms with Crippen molar-refractivity contribution in [2.24, 2.45) is 0 Å². The highest BCUT2D eigenvalue weighted by atomic mass is 15.1. The third-order valence-electron chi connectivity index (χ3n) is 7.30. The van der Waals surface area contributed by atoms with Crippen LogP contribution in [0.3, 0.4) is 0 Å². The van der Waals surface area contributed by atoms with Crippen molar-refractivity contribution in [1.82, 2.24) is 0 Å². The molecule has 5 aromatic rings. The van der Waals surface area contributed by atoms with Crippen LogP contribution >= 0.6 is 0 Å². The van der Waals surface area contributed by atoms with E-state index in [1.54, 1.807) is 0 Å². The minimum atomic E-state index is 0.820. The zero-order chi connectivity index (χ0) is 25.0. The molecule has 0 aromatic heterocycles. The number of aryl methyl sites for hydroxylation is 4. The van der Waals surface area contributed by atoms with Crippen molar-refractivity contribution in [3.8, 4) is 17.2 Å². The normalized spacial score (nSPS) is 12.4. The highest BCUT2D eigenvalue weighted by Crippen LogP contribution is 2.36. The van der Waals surface area contributed by atoms with Gasteiger partial charge < -0.3 is 4.90 Å². The monoisotopic (exact) mass is 476 g/mol. The number of hydrogen-bond acceptors (Lipinski definition) is 2. The fraction of sp³-hybridized carbons (Fsp3) is 0.114. The molecule has 0 unspecified atom stereocenters. The van der Waals surface area contributed by atoms with Crippen molar-refractivity contribution in [1.29, 1.82) is 5.26 Å². The van der Waals surface area contributed by atoms with Crippen molar-refractivity contribution in [2.45, 2.75) is 25.7 Å². The predicted octanol–water partition coefficient (Wildman–Crippen LogP) is 8.58. The lowest BCUT2D eigenvalue weighted by molar-refractivity contribution is 0.919. The van der Waals surface area contributed by atoms with Crippen LogP contribution in [0.1, 0.15) is 27.8 Å². The molecule has 0 N–H and O–H groups in total. The van der Waals surface area contributed by atoms with Crippen molar-refractivity contribution < 1.29 is 0 Å². The Morgan fingerprint density at radius 2 is 1.05 bits per heavy atom. The van der Waals surface area contributed by atoms with Crippen LogP contribution in [-0.4, -0.2) is 0 Å². The van der Waals surface area contributed by atoms with Gasteiger partial charge in [0.1, 0.15) is 0 Å². The third-order valence-corrected chi connectivity index (χ3v) is 7.30. The average molecular weight is 477 g/mol. The standard InChI is InChI=1S/C35H28N2/c36-25-31-23-26-11-12-27-14-16-29(18-17-28(31)15-13-26)35(24-27)30-19-21-34(22-20-30)37(32-7-3-1-4-8-32)33-9-5-2-6-10-33/h1-10,13-16,19-24H,11-12,17-18H2. The van der Waals surface area contributed by atoms with Crippen molar-refractivity contribution in [3.63, 3.8) is 0 Å². The Labute approximate surface area is 219 Å². The summed E-state index contributed by atoms with van der Waals surface area (Å²) in [4.78, 5) is 2.29. The summed E-state index contributed by atoms with van der Waals surface area (Å²) in [5, 5.41) is 9.69. The maximum Gasteiger partial charge on any atom is 0.0994 e. The number of para-hydroxylation sites is 2. The summed E-state index contributed by atoms with van der Waals surface area (Å²) in [5.74, 6) is 0. The second-order valence-electron chi connectivity index (χ2n) is 9.65. The highest BCUT2D eigenvalue weighted by molar-refractivity contribution is 5.78. The molecule has 4 aliphatic carbocycles. The van der Waals surface area contributed by atoms with Crippen LogP contribution in [0.4, 0.5) is 17.1 Å². The van der Waals surface area contributed by atoms with Crippen LogP contribution < -0.4 is 4.90 Å². The van der Waals surface area contributed by atoms with Gasteiger partial charge in [-0.3, -0.25) is 0 Å². The first-order chi connectivity index (χ1) is 18.3. The fourth-order valence-corrected chi connectivity index (χ4v) is 5.32. The van der Waals surface area contributed by atoms with Gasteiger partial charge in [0.05, 0.1) is 11.6 Å². The van der Waals surface area contributed by atoms with Gasteiger partial charge in [-0.15, -0.1) is 0 Å². The summed E-state index contributed by atoms with van der Waals surface area (Å²) < 4.78 is 0. The molecule has 0 heterocycles. The molecule has 5 aromatic carbocycles. The van der Waals surface area contributed by atoms with Crippen LogP contribution in [0.25, 0.3) is 11.1 Å². The second kappa shape index (κ2) is 10.2. The molecule has 9 rings (SSSR count). The summed E-state index contributed by atoms with van der Waals surface area (Å²) in [6.07, 6.45) is 3.68. The first kappa shape index (κ1) is 22.8. The van der Waals surface area contributed by atoms with Crippen LogP contribution in [-0.2, 0) is 25.7 Å². The maximum absolute atomic E-state index is 9.69. The maximum atomic E-state index is 9.69. The highest BCUT2D eigenvalue weighted by Gasteiger charge is 2.14. The molecule has 0 saturated heterocycles. The fourth-order valence-electron chi connectivity index (χ4n) is 5.32. The number of hydrogen-bond donors (Lipinski definition) is 0. The Morgan fingerprint density at radius 3 is 1.68 bits per heavy atom. The van der Waals surface area contributed by atoms with Gasteiger partial charge in [-0.2, -0.15) is 5.26 Å². The molecule has 0 saturated carbocycles. The van der Waals surface area contributed by atoms with Crippen molar-refractivity contribution in [3.05, 3.63) is 149 Å². The lowest BCUT2D eigenvalue weighted by Gasteiger charge is -2.25. The lowest BCUT2D eigenvalue weighted by Crippen LogP contribution is -2.09. The van der Waals surface area contributed by atoms with E-state index in [1.165, 1.54) is 27.8 Å². The van der Waals surface area contributed by atoms with Crippen molar-refractivity contribution in [2.75, 3.05) is 4.90 Å².